The maximum Gasteiger partial charge on any atom is 0.0479 e. The minimum atomic E-state index is 0.775. The van der Waals surface area contributed by atoms with Gasteiger partial charge in [0.25, 0.3) is 0 Å². The van der Waals surface area contributed by atoms with Gasteiger partial charge in [0.2, 0.25) is 0 Å². The quantitative estimate of drug-likeness (QED) is 0.729. The van der Waals surface area contributed by atoms with Gasteiger partial charge in [-0.05, 0) is 43.4 Å². The Morgan fingerprint density at radius 3 is 2.79 bits per heavy atom. The fourth-order valence-electron chi connectivity index (χ4n) is 2.37. The Labute approximate surface area is 116 Å². The average molecular weight is 262 g/mol. The van der Waals surface area contributed by atoms with E-state index in [0.29, 0.717) is 0 Å². The molecule has 0 bridgehead atoms. The molecule has 1 N–H and O–H groups in total. The third-order valence-corrected chi connectivity index (χ3v) is 3.69. The van der Waals surface area contributed by atoms with E-state index in [-0.39, 0.29) is 0 Å². The number of rotatable bonds is 8. The number of methoxy groups -OCH3 is 1. The molecule has 3 nitrogen and oxygen atoms in total. The highest BCUT2D eigenvalue weighted by molar-refractivity contribution is 5.53. The highest BCUT2D eigenvalue weighted by Crippen LogP contribution is 2.22. The van der Waals surface area contributed by atoms with Crippen molar-refractivity contribution < 1.29 is 4.74 Å². The summed E-state index contributed by atoms with van der Waals surface area (Å²) in [5.41, 5.74) is 4.07. The molecule has 2 rings (SSSR count). The first-order valence-electron chi connectivity index (χ1n) is 7.23. The summed E-state index contributed by atoms with van der Waals surface area (Å²) in [6, 6.07) is 7.56. The van der Waals surface area contributed by atoms with Gasteiger partial charge < -0.3 is 15.0 Å². The topological polar surface area (TPSA) is 24.5 Å². The van der Waals surface area contributed by atoms with E-state index in [0.717, 1.165) is 32.2 Å². The molecule has 0 radical (unpaired) electrons. The molecule has 0 aliphatic heterocycles. The normalized spacial score (nSPS) is 14.7. The predicted molar refractivity (Wildman–Crippen MR) is 80.8 cm³/mol. The van der Waals surface area contributed by atoms with Crippen molar-refractivity contribution in [3.8, 4) is 0 Å². The Hall–Kier alpha value is -1.06. The number of hydrogen-bond donors (Lipinski definition) is 1. The molecule has 1 saturated carbocycles. The zero-order valence-corrected chi connectivity index (χ0v) is 12.4. The average Bonchev–Trinajstić information content (AvgIpc) is 3.20. The molecule has 0 aromatic heterocycles. The number of benzene rings is 1. The fourth-order valence-corrected chi connectivity index (χ4v) is 2.37. The fraction of sp³-hybridized carbons (Fsp3) is 0.625. The van der Waals surface area contributed by atoms with Crippen LogP contribution in [0.3, 0.4) is 0 Å². The highest BCUT2D eigenvalue weighted by atomic mass is 16.5. The standard InChI is InChI=1S/C16H26N2O/c1-13-11-14(12-17-15-6-7-15)5-8-16(13)18(2)9-4-10-19-3/h5,8,11,15,17H,4,6-7,9-10,12H2,1-3H3. The van der Waals surface area contributed by atoms with Gasteiger partial charge in [0.1, 0.15) is 0 Å². The van der Waals surface area contributed by atoms with Crippen LogP contribution in [0.25, 0.3) is 0 Å². The Kier molecular flexibility index (Phi) is 5.23. The molecule has 0 heterocycles. The predicted octanol–water partition coefficient (Wildman–Crippen LogP) is 2.72. The molecule has 0 saturated heterocycles. The van der Waals surface area contributed by atoms with Crippen molar-refractivity contribution >= 4 is 5.69 Å². The van der Waals surface area contributed by atoms with Crippen LogP contribution in [0.1, 0.15) is 30.4 Å². The van der Waals surface area contributed by atoms with Crippen LogP contribution in [-0.4, -0.2) is 33.4 Å². The van der Waals surface area contributed by atoms with E-state index in [9.17, 15) is 0 Å². The molecule has 0 unspecified atom stereocenters. The zero-order valence-electron chi connectivity index (χ0n) is 12.4. The van der Waals surface area contributed by atoms with Gasteiger partial charge in [0.05, 0.1) is 0 Å². The van der Waals surface area contributed by atoms with Crippen molar-refractivity contribution in [3.05, 3.63) is 29.3 Å². The second-order valence-corrected chi connectivity index (χ2v) is 5.54. The summed E-state index contributed by atoms with van der Waals surface area (Å²) < 4.78 is 5.10. The first-order chi connectivity index (χ1) is 9.20. The van der Waals surface area contributed by atoms with Gasteiger partial charge in [0, 0.05) is 45.6 Å². The Morgan fingerprint density at radius 2 is 2.16 bits per heavy atom. The first-order valence-corrected chi connectivity index (χ1v) is 7.23. The van der Waals surface area contributed by atoms with Gasteiger partial charge in [-0.3, -0.25) is 0 Å². The summed E-state index contributed by atoms with van der Waals surface area (Å²) >= 11 is 0. The van der Waals surface area contributed by atoms with E-state index >= 15 is 0 Å². The summed E-state index contributed by atoms with van der Waals surface area (Å²) in [5.74, 6) is 0. The van der Waals surface area contributed by atoms with Crippen molar-refractivity contribution in [2.24, 2.45) is 0 Å². The van der Waals surface area contributed by atoms with Crippen molar-refractivity contribution in [1.82, 2.24) is 5.32 Å². The zero-order chi connectivity index (χ0) is 13.7. The van der Waals surface area contributed by atoms with Crippen molar-refractivity contribution in [2.45, 2.75) is 38.8 Å². The molecule has 1 fully saturated rings. The van der Waals surface area contributed by atoms with E-state index < -0.39 is 0 Å². The Morgan fingerprint density at radius 1 is 1.37 bits per heavy atom. The maximum absolute atomic E-state index is 5.10. The second kappa shape index (κ2) is 6.92. The molecule has 1 aliphatic carbocycles. The first kappa shape index (κ1) is 14.4. The van der Waals surface area contributed by atoms with E-state index in [4.69, 9.17) is 4.74 Å². The highest BCUT2D eigenvalue weighted by Gasteiger charge is 2.19. The minimum absolute atomic E-state index is 0.775. The van der Waals surface area contributed by atoms with Crippen LogP contribution in [0.5, 0.6) is 0 Å². The van der Waals surface area contributed by atoms with Gasteiger partial charge in [-0.2, -0.15) is 0 Å². The van der Waals surface area contributed by atoms with E-state index in [1.165, 1.54) is 29.7 Å². The number of hydrogen-bond acceptors (Lipinski definition) is 3. The lowest BCUT2D eigenvalue weighted by Gasteiger charge is -2.22. The van der Waals surface area contributed by atoms with E-state index in [1.54, 1.807) is 7.11 Å². The molecule has 0 atom stereocenters. The van der Waals surface area contributed by atoms with Crippen LogP contribution >= 0.6 is 0 Å². The molecule has 106 valence electrons. The second-order valence-electron chi connectivity index (χ2n) is 5.54. The van der Waals surface area contributed by atoms with Gasteiger partial charge in [-0.25, -0.2) is 0 Å². The van der Waals surface area contributed by atoms with Gasteiger partial charge in [-0.15, -0.1) is 0 Å². The molecular formula is C16H26N2O. The number of anilines is 1. The number of nitrogens with one attached hydrogen (secondary N) is 1. The Balaban J connectivity index is 1.89. The summed E-state index contributed by atoms with van der Waals surface area (Å²) in [4.78, 5) is 2.31. The number of nitrogens with zero attached hydrogens (tertiary/aromatic N) is 1. The third-order valence-electron chi connectivity index (χ3n) is 3.69. The van der Waals surface area contributed by atoms with Crippen LogP contribution in [0, 0.1) is 6.92 Å². The summed E-state index contributed by atoms with van der Waals surface area (Å²) in [5, 5.41) is 3.56. The molecule has 1 aliphatic rings. The maximum atomic E-state index is 5.10. The lowest BCUT2D eigenvalue weighted by atomic mass is 10.1. The molecule has 0 spiro atoms. The van der Waals surface area contributed by atoms with Crippen molar-refractivity contribution in [3.63, 3.8) is 0 Å². The SMILES string of the molecule is COCCCN(C)c1ccc(CNC2CC2)cc1C. The van der Waals surface area contributed by atoms with E-state index in [1.807, 2.05) is 0 Å². The van der Waals surface area contributed by atoms with Crippen LogP contribution in [0.4, 0.5) is 5.69 Å². The molecular weight excluding hydrogens is 236 g/mol. The number of aryl methyl sites for hydroxylation is 1. The molecule has 1 aromatic rings. The molecule has 0 amide bonds. The van der Waals surface area contributed by atoms with E-state index in [2.05, 4.69) is 42.4 Å². The monoisotopic (exact) mass is 262 g/mol. The third kappa shape index (κ3) is 4.51. The number of ether oxygens (including phenoxy) is 1. The lowest BCUT2D eigenvalue weighted by molar-refractivity contribution is 0.196. The molecule has 1 aromatic carbocycles. The van der Waals surface area contributed by atoms with Gasteiger partial charge in [-0.1, -0.05) is 12.1 Å². The van der Waals surface area contributed by atoms with Crippen LogP contribution < -0.4 is 10.2 Å². The largest absolute Gasteiger partial charge is 0.385 e. The summed E-state index contributed by atoms with van der Waals surface area (Å²) in [6.07, 6.45) is 3.76. The Bertz CT molecular complexity index is 402. The lowest BCUT2D eigenvalue weighted by Crippen LogP contribution is -2.21. The van der Waals surface area contributed by atoms with Gasteiger partial charge >= 0.3 is 0 Å². The van der Waals surface area contributed by atoms with Crippen LogP contribution in [0.2, 0.25) is 0 Å². The smallest absolute Gasteiger partial charge is 0.0479 e. The summed E-state index contributed by atoms with van der Waals surface area (Å²) in [6.45, 7) is 5.06. The van der Waals surface area contributed by atoms with Gasteiger partial charge in [0.15, 0.2) is 0 Å². The van der Waals surface area contributed by atoms with Crippen molar-refractivity contribution in [1.29, 1.82) is 0 Å². The van der Waals surface area contributed by atoms with Crippen LogP contribution in [0.15, 0.2) is 18.2 Å². The summed E-state index contributed by atoms with van der Waals surface area (Å²) in [7, 11) is 3.91. The van der Waals surface area contributed by atoms with Crippen molar-refractivity contribution in [2.75, 3.05) is 32.2 Å². The van der Waals surface area contributed by atoms with Crippen LogP contribution in [-0.2, 0) is 11.3 Å². The molecule has 3 heteroatoms. The minimum Gasteiger partial charge on any atom is -0.385 e. The molecule has 19 heavy (non-hydrogen) atoms.